The van der Waals surface area contributed by atoms with Gasteiger partial charge in [-0.1, -0.05) is 12.8 Å². The van der Waals surface area contributed by atoms with Crippen LogP contribution < -0.4 is 0 Å². The molecule has 1 fully saturated rings. The molecule has 80 valence electrons. The van der Waals surface area contributed by atoms with Crippen LogP contribution in [0.4, 0.5) is 0 Å². The Balaban J connectivity index is 1.77. The summed E-state index contributed by atoms with van der Waals surface area (Å²) >= 11 is 0. The minimum atomic E-state index is 0.493. The smallest absolute Gasteiger partial charge is 0.107 e. The second-order valence-corrected chi connectivity index (χ2v) is 4.48. The van der Waals surface area contributed by atoms with Crippen LogP contribution in [0.5, 0.6) is 0 Å². The lowest BCUT2D eigenvalue weighted by atomic mass is 10.0. The van der Waals surface area contributed by atoms with E-state index in [4.69, 9.17) is 4.42 Å². The second-order valence-electron chi connectivity index (χ2n) is 4.48. The zero-order valence-corrected chi connectivity index (χ0v) is 9.55. The Kier molecular flexibility index (Phi) is 3.16. The lowest BCUT2D eigenvalue weighted by molar-refractivity contribution is 0.444. The fourth-order valence-corrected chi connectivity index (χ4v) is 1.59. The van der Waals surface area contributed by atoms with E-state index in [1.54, 1.807) is 0 Å². The van der Waals surface area contributed by atoms with E-state index in [0.29, 0.717) is 5.92 Å². The van der Waals surface area contributed by atoms with Gasteiger partial charge in [-0.2, -0.15) is 0 Å². The van der Waals surface area contributed by atoms with Crippen LogP contribution in [0.25, 0.3) is 0 Å². The molecular formula is C14H18O. The summed E-state index contributed by atoms with van der Waals surface area (Å²) in [6, 6.07) is 4.11. The average Bonchev–Trinajstić information content (AvgIpc) is 2.94. The number of hydrogen-bond donors (Lipinski definition) is 0. The highest BCUT2D eigenvalue weighted by molar-refractivity contribution is 5.12. The monoisotopic (exact) mass is 202 g/mol. The molecule has 1 heteroatoms. The molecule has 0 saturated heterocycles. The Labute approximate surface area is 91.9 Å². The van der Waals surface area contributed by atoms with E-state index in [9.17, 15) is 0 Å². The van der Waals surface area contributed by atoms with Gasteiger partial charge in [-0.15, -0.1) is 5.92 Å². The maximum Gasteiger partial charge on any atom is 0.107 e. The van der Waals surface area contributed by atoms with Crippen LogP contribution in [0.1, 0.15) is 50.0 Å². The van der Waals surface area contributed by atoms with E-state index in [1.165, 1.54) is 12.8 Å². The maximum absolute atomic E-state index is 5.59. The van der Waals surface area contributed by atoms with E-state index in [1.807, 2.05) is 13.0 Å². The van der Waals surface area contributed by atoms with E-state index in [-0.39, 0.29) is 0 Å². The van der Waals surface area contributed by atoms with Crippen LogP contribution in [0.15, 0.2) is 16.5 Å². The molecular weight excluding hydrogens is 184 g/mol. The van der Waals surface area contributed by atoms with Crippen molar-refractivity contribution in [1.29, 1.82) is 0 Å². The molecule has 1 aliphatic rings. The molecule has 0 aliphatic heterocycles. The Morgan fingerprint density at radius 1 is 1.47 bits per heavy atom. The topological polar surface area (TPSA) is 13.1 Å². The van der Waals surface area contributed by atoms with E-state index in [0.717, 1.165) is 30.3 Å². The highest BCUT2D eigenvalue weighted by Gasteiger charge is 2.17. The SMILES string of the molecule is Cc1ccc(C(C)CCC#CC2CC2)o1. The van der Waals surface area contributed by atoms with Crippen molar-refractivity contribution in [2.24, 2.45) is 5.92 Å². The van der Waals surface area contributed by atoms with Crippen LogP contribution in [0.2, 0.25) is 0 Å². The first-order valence-electron chi connectivity index (χ1n) is 5.80. The van der Waals surface area contributed by atoms with Crippen molar-refractivity contribution >= 4 is 0 Å². The van der Waals surface area contributed by atoms with Crippen LogP contribution in [-0.2, 0) is 0 Å². The molecule has 1 atom stereocenters. The Morgan fingerprint density at radius 2 is 2.27 bits per heavy atom. The Morgan fingerprint density at radius 3 is 2.87 bits per heavy atom. The molecule has 1 unspecified atom stereocenters. The van der Waals surface area contributed by atoms with Crippen LogP contribution in [0, 0.1) is 24.7 Å². The predicted octanol–water partition coefficient (Wildman–Crippen LogP) is 3.89. The van der Waals surface area contributed by atoms with Gasteiger partial charge < -0.3 is 4.42 Å². The van der Waals surface area contributed by atoms with E-state index >= 15 is 0 Å². The number of aryl methyl sites for hydroxylation is 1. The van der Waals surface area contributed by atoms with Gasteiger partial charge in [0.2, 0.25) is 0 Å². The van der Waals surface area contributed by atoms with Crippen molar-refractivity contribution in [2.75, 3.05) is 0 Å². The highest BCUT2D eigenvalue weighted by Crippen LogP contribution is 2.28. The predicted molar refractivity (Wildman–Crippen MR) is 61.6 cm³/mol. The van der Waals surface area contributed by atoms with E-state index < -0.39 is 0 Å². The molecule has 0 bridgehead atoms. The molecule has 1 aliphatic carbocycles. The molecule has 0 spiro atoms. The molecule has 0 N–H and O–H groups in total. The second kappa shape index (κ2) is 4.57. The first-order valence-corrected chi connectivity index (χ1v) is 5.80. The number of rotatable bonds is 3. The van der Waals surface area contributed by atoms with E-state index in [2.05, 4.69) is 24.8 Å². The molecule has 0 aromatic carbocycles. The van der Waals surface area contributed by atoms with Gasteiger partial charge in [0.25, 0.3) is 0 Å². The number of hydrogen-bond acceptors (Lipinski definition) is 1. The Bertz CT molecular complexity index is 374. The fraction of sp³-hybridized carbons (Fsp3) is 0.571. The summed E-state index contributed by atoms with van der Waals surface area (Å²) in [5.74, 6) is 9.87. The lowest BCUT2D eigenvalue weighted by Crippen LogP contribution is -1.90. The Hall–Kier alpha value is -1.16. The van der Waals surface area contributed by atoms with Gasteiger partial charge >= 0.3 is 0 Å². The summed E-state index contributed by atoms with van der Waals surface area (Å²) in [5.41, 5.74) is 0. The van der Waals surface area contributed by atoms with Gasteiger partial charge in [-0.25, -0.2) is 0 Å². The van der Waals surface area contributed by atoms with Gasteiger partial charge in [0.1, 0.15) is 11.5 Å². The van der Waals surface area contributed by atoms with Gasteiger partial charge in [0, 0.05) is 18.3 Å². The molecule has 0 radical (unpaired) electrons. The maximum atomic E-state index is 5.59. The summed E-state index contributed by atoms with van der Waals surface area (Å²) in [7, 11) is 0. The van der Waals surface area contributed by atoms with Crippen LogP contribution in [-0.4, -0.2) is 0 Å². The van der Waals surface area contributed by atoms with Crippen molar-refractivity contribution in [3.8, 4) is 11.8 Å². The molecule has 1 nitrogen and oxygen atoms in total. The van der Waals surface area contributed by atoms with Gasteiger partial charge in [0.15, 0.2) is 0 Å². The van der Waals surface area contributed by atoms with Crippen molar-refractivity contribution in [3.63, 3.8) is 0 Å². The molecule has 0 amide bonds. The molecule has 15 heavy (non-hydrogen) atoms. The number of furan rings is 1. The third-order valence-electron chi connectivity index (χ3n) is 2.83. The summed E-state index contributed by atoms with van der Waals surface area (Å²) in [4.78, 5) is 0. The normalized spacial score (nSPS) is 16.9. The summed E-state index contributed by atoms with van der Waals surface area (Å²) < 4.78 is 5.59. The molecule has 1 aromatic heterocycles. The van der Waals surface area contributed by atoms with Crippen molar-refractivity contribution in [1.82, 2.24) is 0 Å². The van der Waals surface area contributed by atoms with Crippen LogP contribution >= 0.6 is 0 Å². The highest BCUT2D eigenvalue weighted by atomic mass is 16.3. The van der Waals surface area contributed by atoms with Gasteiger partial charge in [-0.3, -0.25) is 0 Å². The first kappa shape index (κ1) is 10.4. The average molecular weight is 202 g/mol. The summed E-state index contributed by atoms with van der Waals surface area (Å²) in [6.45, 7) is 4.19. The van der Waals surface area contributed by atoms with Crippen molar-refractivity contribution < 1.29 is 4.42 Å². The zero-order valence-electron chi connectivity index (χ0n) is 9.55. The minimum Gasteiger partial charge on any atom is -0.466 e. The third-order valence-corrected chi connectivity index (χ3v) is 2.83. The molecule has 1 heterocycles. The van der Waals surface area contributed by atoms with Crippen molar-refractivity contribution in [2.45, 2.75) is 45.4 Å². The zero-order chi connectivity index (χ0) is 10.7. The van der Waals surface area contributed by atoms with Gasteiger partial charge in [-0.05, 0) is 38.3 Å². The first-order chi connectivity index (χ1) is 7.25. The fourth-order valence-electron chi connectivity index (χ4n) is 1.59. The molecule has 1 aromatic rings. The summed E-state index contributed by atoms with van der Waals surface area (Å²) in [6.07, 6.45) is 4.74. The summed E-state index contributed by atoms with van der Waals surface area (Å²) in [5, 5.41) is 0. The molecule has 1 saturated carbocycles. The quantitative estimate of drug-likeness (QED) is 0.678. The third kappa shape index (κ3) is 3.16. The standard InChI is InChI=1S/C14H18O/c1-11(14-10-7-12(2)15-14)5-3-4-6-13-8-9-13/h7,10-11,13H,3,5,8-9H2,1-2H3. The largest absolute Gasteiger partial charge is 0.466 e. The lowest BCUT2D eigenvalue weighted by Gasteiger charge is -2.04. The van der Waals surface area contributed by atoms with Crippen molar-refractivity contribution in [3.05, 3.63) is 23.7 Å². The van der Waals surface area contributed by atoms with Crippen LogP contribution in [0.3, 0.4) is 0 Å². The minimum absolute atomic E-state index is 0.493. The molecule has 2 rings (SSSR count). The van der Waals surface area contributed by atoms with Gasteiger partial charge in [0.05, 0.1) is 0 Å².